The fraction of sp³-hybridized carbons (Fsp3) is 0.700. The highest BCUT2D eigenvalue weighted by atomic mass is 19.4. The minimum absolute atomic E-state index is 0.0418. The van der Waals surface area contributed by atoms with E-state index in [0.717, 1.165) is 12.6 Å². The van der Waals surface area contributed by atoms with Gasteiger partial charge in [-0.15, -0.1) is 5.10 Å². The number of aromatic nitrogens is 3. The molecule has 0 atom stereocenters. The monoisotopic (exact) mass is 249 g/mol. The molecule has 0 N–H and O–H groups in total. The average Bonchev–Trinajstić information content (AvgIpc) is 2.59. The van der Waals surface area contributed by atoms with Crippen molar-refractivity contribution >= 4 is 5.78 Å². The van der Waals surface area contributed by atoms with Crippen molar-refractivity contribution in [2.45, 2.75) is 39.9 Å². The number of nitrogens with zero attached hydrogens (tertiary/aromatic N) is 3. The molecular weight excluding hydrogens is 235 g/mol. The van der Waals surface area contributed by atoms with Gasteiger partial charge in [-0.1, -0.05) is 26.0 Å². The van der Waals surface area contributed by atoms with Crippen molar-refractivity contribution in [3.8, 4) is 0 Å². The first-order chi connectivity index (χ1) is 7.59. The number of alkyl halides is 3. The first kappa shape index (κ1) is 13.7. The summed E-state index contributed by atoms with van der Waals surface area (Å²) >= 11 is 0. The molecule has 4 nitrogen and oxygen atoms in total. The van der Waals surface area contributed by atoms with Crippen LogP contribution in [0.1, 0.15) is 37.7 Å². The van der Waals surface area contributed by atoms with Gasteiger partial charge < -0.3 is 0 Å². The van der Waals surface area contributed by atoms with Crippen molar-refractivity contribution in [1.29, 1.82) is 0 Å². The Hall–Kier alpha value is -1.40. The molecule has 0 saturated heterocycles. The van der Waals surface area contributed by atoms with Gasteiger partial charge in [0.2, 0.25) is 0 Å². The predicted octanol–water partition coefficient (Wildman–Crippen LogP) is 2.46. The van der Waals surface area contributed by atoms with Gasteiger partial charge in [0.05, 0.1) is 6.20 Å². The summed E-state index contributed by atoms with van der Waals surface area (Å²) in [5, 5.41) is 6.73. The molecular formula is C10H14F3N3O. The standard InChI is InChI=1S/C10H14F3N3O/c1-9(2,3)4-5-16-6-7(14-15-16)8(17)10(11,12)13/h6H,4-5H2,1-3H3. The minimum atomic E-state index is -4.90. The Balaban J connectivity index is 2.69. The Kier molecular flexibility index (Phi) is 3.59. The number of Topliss-reactive ketones (excluding diaryl/α,β-unsaturated/α-hetero) is 1. The van der Waals surface area contributed by atoms with E-state index in [0.29, 0.717) is 6.54 Å². The van der Waals surface area contributed by atoms with Crippen LogP contribution in [0.5, 0.6) is 0 Å². The van der Waals surface area contributed by atoms with Crippen LogP contribution in [0.2, 0.25) is 0 Å². The Morgan fingerprint density at radius 1 is 1.35 bits per heavy atom. The number of aryl methyl sites for hydroxylation is 1. The quantitative estimate of drug-likeness (QED) is 0.773. The minimum Gasteiger partial charge on any atom is -0.282 e. The summed E-state index contributed by atoms with van der Waals surface area (Å²) in [5.74, 6) is -1.96. The third-order valence-electron chi connectivity index (χ3n) is 2.12. The van der Waals surface area contributed by atoms with Crippen LogP contribution in [-0.4, -0.2) is 27.0 Å². The van der Waals surface area contributed by atoms with Crippen LogP contribution < -0.4 is 0 Å². The molecule has 0 aliphatic heterocycles. The highest BCUT2D eigenvalue weighted by Gasteiger charge is 2.41. The number of carbonyl (C=O) groups excluding carboxylic acids is 1. The van der Waals surface area contributed by atoms with Gasteiger partial charge in [-0.2, -0.15) is 13.2 Å². The normalized spacial score (nSPS) is 12.8. The number of rotatable bonds is 3. The van der Waals surface area contributed by atoms with Gasteiger partial charge in [0.25, 0.3) is 5.78 Å². The van der Waals surface area contributed by atoms with Gasteiger partial charge in [-0.25, -0.2) is 0 Å². The van der Waals surface area contributed by atoms with Crippen LogP contribution >= 0.6 is 0 Å². The Morgan fingerprint density at radius 2 is 1.94 bits per heavy atom. The van der Waals surface area contributed by atoms with Crippen LogP contribution in [0.15, 0.2) is 6.20 Å². The van der Waals surface area contributed by atoms with Gasteiger partial charge in [0.1, 0.15) is 0 Å². The predicted molar refractivity (Wildman–Crippen MR) is 54.5 cm³/mol. The van der Waals surface area contributed by atoms with Crippen LogP contribution in [0.3, 0.4) is 0 Å². The summed E-state index contributed by atoms with van der Waals surface area (Å²) in [4.78, 5) is 10.8. The molecule has 0 unspecified atom stereocenters. The number of hydrogen-bond acceptors (Lipinski definition) is 3. The number of halogens is 3. The Labute approximate surface area is 96.8 Å². The lowest BCUT2D eigenvalue weighted by molar-refractivity contribution is -0.0888. The Bertz CT molecular complexity index is 404. The van der Waals surface area contributed by atoms with E-state index in [2.05, 4.69) is 10.3 Å². The second-order valence-electron chi connectivity index (χ2n) is 5.00. The molecule has 0 aliphatic carbocycles. The summed E-state index contributed by atoms with van der Waals surface area (Å²) in [6, 6.07) is 0. The van der Waals surface area contributed by atoms with E-state index >= 15 is 0 Å². The van der Waals surface area contributed by atoms with Crippen molar-refractivity contribution in [3.63, 3.8) is 0 Å². The van der Waals surface area contributed by atoms with E-state index < -0.39 is 17.7 Å². The van der Waals surface area contributed by atoms with Crippen molar-refractivity contribution in [3.05, 3.63) is 11.9 Å². The SMILES string of the molecule is CC(C)(C)CCn1cc(C(=O)C(F)(F)F)nn1. The van der Waals surface area contributed by atoms with Crippen molar-refractivity contribution in [1.82, 2.24) is 15.0 Å². The fourth-order valence-corrected chi connectivity index (χ4v) is 1.11. The second kappa shape index (κ2) is 4.46. The Morgan fingerprint density at radius 3 is 2.41 bits per heavy atom. The lowest BCUT2D eigenvalue weighted by atomic mass is 9.92. The topological polar surface area (TPSA) is 47.8 Å². The summed E-state index contributed by atoms with van der Waals surface area (Å²) < 4.78 is 37.5. The van der Waals surface area contributed by atoms with Crippen LogP contribution in [0, 0.1) is 5.41 Å². The molecule has 7 heteroatoms. The molecule has 0 fully saturated rings. The molecule has 1 aromatic rings. The number of hydrogen-bond donors (Lipinski definition) is 0. The van der Waals surface area contributed by atoms with E-state index in [1.165, 1.54) is 4.68 Å². The van der Waals surface area contributed by atoms with Gasteiger partial charge in [-0.3, -0.25) is 9.48 Å². The van der Waals surface area contributed by atoms with E-state index in [9.17, 15) is 18.0 Å². The molecule has 0 saturated carbocycles. The molecule has 0 amide bonds. The molecule has 17 heavy (non-hydrogen) atoms. The van der Waals surface area contributed by atoms with Gasteiger partial charge in [0, 0.05) is 6.54 Å². The fourth-order valence-electron chi connectivity index (χ4n) is 1.11. The zero-order valence-electron chi connectivity index (χ0n) is 9.88. The summed E-state index contributed by atoms with van der Waals surface area (Å²) in [5.41, 5.74) is -0.619. The lowest BCUT2D eigenvalue weighted by Crippen LogP contribution is -2.23. The van der Waals surface area contributed by atoms with Crippen LogP contribution in [-0.2, 0) is 6.54 Å². The van der Waals surface area contributed by atoms with Crippen molar-refractivity contribution in [2.24, 2.45) is 5.41 Å². The smallest absolute Gasteiger partial charge is 0.282 e. The second-order valence-corrected chi connectivity index (χ2v) is 5.00. The molecule has 0 radical (unpaired) electrons. The van der Waals surface area contributed by atoms with Crippen molar-refractivity contribution < 1.29 is 18.0 Å². The van der Waals surface area contributed by atoms with E-state index in [1.807, 2.05) is 20.8 Å². The largest absolute Gasteiger partial charge is 0.456 e. The summed E-state index contributed by atoms with van der Waals surface area (Å²) in [7, 11) is 0. The third-order valence-corrected chi connectivity index (χ3v) is 2.12. The maximum Gasteiger partial charge on any atom is 0.456 e. The molecule has 1 heterocycles. The number of ketones is 1. The highest BCUT2D eigenvalue weighted by Crippen LogP contribution is 2.21. The summed E-state index contributed by atoms with van der Waals surface area (Å²) in [6.45, 7) is 6.45. The van der Waals surface area contributed by atoms with E-state index in [-0.39, 0.29) is 5.41 Å². The zero-order chi connectivity index (χ0) is 13.3. The highest BCUT2D eigenvalue weighted by molar-refractivity contribution is 5.98. The lowest BCUT2D eigenvalue weighted by Gasteiger charge is -2.17. The maximum atomic E-state index is 12.1. The maximum absolute atomic E-state index is 12.1. The van der Waals surface area contributed by atoms with E-state index in [4.69, 9.17) is 0 Å². The average molecular weight is 249 g/mol. The van der Waals surface area contributed by atoms with Gasteiger partial charge >= 0.3 is 6.18 Å². The molecule has 1 rings (SSSR count). The van der Waals surface area contributed by atoms with Gasteiger partial charge in [0.15, 0.2) is 5.69 Å². The molecule has 0 aromatic carbocycles. The van der Waals surface area contributed by atoms with Gasteiger partial charge in [-0.05, 0) is 11.8 Å². The van der Waals surface area contributed by atoms with Crippen LogP contribution in [0.25, 0.3) is 0 Å². The summed E-state index contributed by atoms with van der Waals surface area (Å²) in [6.07, 6.45) is -3.14. The number of carbonyl (C=O) groups is 1. The zero-order valence-corrected chi connectivity index (χ0v) is 9.88. The molecule has 1 aromatic heterocycles. The first-order valence-corrected chi connectivity index (χ1v) is 5.11. The third kappa shape index (κ3) is 4.16. The molecule has 0 spiro atoms. The molecule has 0 bridgehead atoms. The molecule has 0 aliphatic rings. The van der Waals surface area contributed by atoms with E-state index in [1.54, 1.807) is 0 Å². The van der Waals surface area contributed by atoms with Crippen LogP contribution in [0.4, 0.5) is 13.2 Å². The first-order valence-electron chi connectivity index (χ1n) is 5.11. The molecule has 96 valence electrons. The van der Waals surface area contributed by atoms with Crippen molar-refractivity contribution in [2.75, 3.05) is 0 Å².